The molecule has 2 aliphatic rings. The number of carbonyl (C=O) groups excluding carboxylic acids is 3. The Kier molecular flexibility index (Phi) is 10.5. The lowest BCUT2D eigenvalue weighted by atomic mass is 9.85. The molecule has 5 rings (SSSR count). The highest BCUT2D eigenvalue weighted by molar-refractivity contribution is 5.91. The maximum atomic E-state index is 14.5. The first kappa shape index (κ1) is 34.3. The number of benzene rings is 3. The van der Waals surface area contributed by atoms with Gasteiger partial charge in [0.25, 0.3) is 0 Å². The number of fused-ring (bicyclic) bond motifs is 1. The van der Waals surface area contributed by atoms with Crippen LogP contribution in [0.3, 0.4) is 0 Å². The molecule has 0 unspecified atom stereocenters. The molecule has 3 aromatic rings. The van der Waals surface area contributed by atoms with Crippen molar-refractivity contribution < 1.29 is 24.2 Å². The van der Waals surface area contributed by atoms with Gasteiger partial charge in [-0.3, -0.25) is 9.59 Å². The number of hydrogen-bond acceptors (Lipinski definition) is 6. The Hall–Kier alpha value is -5.09. The normalized spacial score (nSPS) is 18.4. The lowest BCUT2D eigenvalue weighted by molar-refractivity contribution is -0.189. The summed E-state index contributed by atoms with van der Waals surface area (Å²) in [4.78, 5) is 45.7. The number of rotatable bonds is 11. The second-order valence-corrected chi connectivity index (χ2v) is 13.2. The average Bonchev–Trinajstić information content (AvgIpc) is 3.06. The fourth-order valence-electron chi connectivity index (χ4n) is 6.37. The molecule has 10 heteroatoms. The van der Waals surface area contributed by atoms with Crippen molar-refractivity contribution in [1.29, 1.82) is 0 Å². The van der Waals surface area contributed by atoms with Gasteiger partial charge in [-0.15, -0.1) is 6.58 Å². The summed E-state index contributed by atoms with van der Waals surface area (Å²) in [6.07, 6.45) is 2.77. The highest BCUT2D eigenvalue weighted by atomic mass is 16.5. The predicted octanol–water partition coefficient (Wildman–Crippen LogP) is 4.99. The number of carbonyl (C=O) groups is 3. The summed E-state index contributed by atoms with van der Waals surface area (Å²) >= 11 is 0. The molecule has 0 aromatic heterocycles. The van der Waals surface area contributed by atoms with Gasteiger partial charge in [0.05, 0.1) is 13.1 Å². The summed E-state index contributed by atoms with van der Waals surface area (Å²) in [5, 5.41) is 16.2. The number of ether oxygens (including phenoxy) is 1. The Morgan fingerprint density at radius 1 is 0.979 bits per heavy atom. The molecule has 252 valence electrons. The second-order valence-electron chi connectivity index (χ2n) is 13.2. The van der Waals surface area contributed by atoms with Gasteiger partial charge >= 0.3 is 6.03 Å². The zero-order valence-electron chi connectivity index (χ0n) is 28.0. The number of aromatic hydroxyl groups is 1. The molecule has 10 nitrogen and oxygen atoms in total. The largest absolute Gasteiger partial charge is 0.508 e. The number of piperazine rings is 1. The van der Waals surface area contributed by atoms with Crippen LogP contribution in [-0.2, 0) is 34.5 Å². The van der Waals surface area contributed by atoms with Crippen molar-refractivity contribution in [3.8, 4) is 11.5 Å². The molecule has 4 amide bonds. The molecule has 2 aliphatic heterocycles. The van der Waals surface area contributed by atoms with E-state index < -0.39 is 12.2 Å². The number of phenols is 1. The lowest BCUT2D eigenvalue weighted by Crippen LogP contribution is -2.76. The number of nitrogens with zero attached hydrogens (tertiary/aromatic N) is 4. The molecule has 3 aromatic carbocycles. The SMILES string of the molecule is C=CCOc1c(CN2C[C@H]3N(C(=O)CN(CC=C)N3C(=O)NCc3ccccc3)[C@@H](Cc3ccc(O)cc3)C2=O)cccc1C(C)(C)C. The van der Waals surface area contributed by atoms with Gasteiger partial charge in [-0.25, -0.2) is 14.8 Å². The van der Waals surface area contributed by atoms with Gasteiger partial charge < -0.3 is 25.0 Å². The van der Waals surface area contributed by atoms with Crippen LogP contribution in [0.2, 0.25) is 0 Å². The van der Waals surface area contributed by atoms with Crippen LogP contribution in [0, 0.1) is 0 Å². The highest BCUT2D eigenvalue weighted by Crippen LogP contribution is 2.36. The first-order chi connectivity index (χ1) is 23.0. The van der Waals surface area contributed by atoms with Crippen molar-refractivity contribution in [3.63, 3.8) is 0 Å². The molecule has 0 spiro atoms. The van der Waals surface area contributed by atoms with Crippen LogP contribution in [0.15, 0.2) is 98.1 Å². The van der Waals surface area contributed by atoms with E-state index in [-0.39, 0.29) is 61.6 Å². The summed E-state index contributed by atoms with van der Waals surface area (Å²) in [5.41, 5.74) is 3.30. The van der Waals surface area contributed by atoms with E-state index in [0.717, 1.165) is 22.3 Å². The van der Waals surface area contributed by atoms with E-state index in [9.17, 15) is 19.5 Å². The number of nitrogens with one attached hydrogen (secondary N) is 1. The fraction of sp³-hybridized carbons (Fsp3) is 0.342. The third kappa shape index (κ3) is 7.55. The Morgan fingerprint density at radius 2 is 1.71 bits per heavy atom. The number of amides is 4. The second kappa shape index (κ2) is 14.8. The molecule has 2 heterocycles. The van der Waals surface area contributed by atoms with Crippen LogP contribution in [0.1, 0.15) is 43.0 Å². The van der Waals surface area contributed by atoms with Crippen molar-refractivity contribution in [2.45, 2.75) is 57.9 Å². The number of urea groups is 1. The maximum Gasteiger partial charge on any atom is 0.334 e. The zero-order chi connectivity index (χ0) is 34.4. The van der Waals surface area contributed by atoms with Crippen LogP contribution in [0.25, 0.3) is 0 Å². The van der Waals surface area contributed by atoms with Crippen LogP contribution >= 0.6 is 0 Å². The molecule has 2 N–H and O–H groups in total. The summed E-state index contributed by atoms with van der Waals surface area (Å²) in [6, 6.07) is 20.9. The third-order valence-corrected chi connectivity index (χ3v) is 8.64. The number of hydrogen-bond donors (Lipinski definition) is 2. The quantitative estimate of drug-likeness (QED) is 0.283. The molecule has 0 radical (unpaired) electrons. The average molecular weight is 652 g/mol. The van der Waals surface area contributed by atoms with E-state index >= 15 is 0 Å². The molecule has 0 bridgehead atoms. The number of phenolic OH excluding ortho intramolecular Hbond substituents is 1. The summed E-state index contributed by atoms with van der Waals surface area (Å²) in [5.74, 6) is 0.316. The molecular formula is C38H45N5O5. The Morgan fingerprint density at radius 3 is 2.38 bits per heavy atom. The van der Waals surface area contributed by atoms with Gasteiger partial charge in [0, 0.05) is 31.6 Å². The van der Waals surface area contributed by atoms with Gasteiger partial charge in [-0.05, 0) is 34.2 Å². The van der Waals surface area contributed by atoms with Crippen LogP contribution in [0.4, 0.5) is 4.79 Å². The minimum absolute atomic E-state index is 0.0870. The van der Waals surface area contributed by atoms with Gasteiger partial charge in [0.2, 0.25) is 11.8 Å². The van der Waals surface area contributed by atoms with Crippen molar-refractivity contribution in [2.75, 3.05) is 26.2 Å². The van der Waals surface area contributed by atoms with Gasteiger partial charge in [0.15, 0.2) is 0 Å². The van der Waals surface area contributed by atoms with Crippen LogP contribution in [0.5, 0.6) is 11.5 Å². The molecule has 0 aliphatic carbocycles. The zero-order valence-corrected chi connectivity index (χ0v) is 28.0. The Labute approximate surface area is 282 Å². The number of para-hydroxylation sites is 1. The van der Waals surface area contributed by atoms with E-state index in [1.165, 1.54) is 0 Å². The van der Waals surface area contributed by atoms with Gasteiger partial charge in [-0.2, -0.15) is 0 Å². The molecule has 48 heavy (non-hydrogen) atoms. The number of hydrazine groups is 1. The topological polar surface area (TPSA) is 106 Å². The van der Waals surface area contributed by atoms with Crippen molar-refractivity contribution in [3.05, 3.63) is 120 Å². The van der Waals surface area contributed by atoms with E-state index in [2.05, 4.69) is 39.2 Å². The van der Waals surface area contributed by atoms with E-state index in [4.69, 9.17) is 4.74 Å². The smallest absolute Gasteiger partial charge is 0.334 e. The molecule has 2 atom stereocenters. The van der Waals surface area contributed by atoms with E-state index in [0.29, 0.717) is 18.9 Å². The summed E-state index contributed by atoms with van der Waals surface area (Å²) in [6.45, 7) is 15.1. The van der Waals surface area contributed by atoms with Crippen molar-refractivity contribution in [1.82, 2.24) is 25.1 Å². The Bertz CT molecular complexity index is 1640. The summed E-state index contributed by atoms with van der Waals surface area (Å²) < 4.78 is 6.22. The monoisotopic (exact) mass is 651 g/mol. The first-order valence-corrected chi connectivity index (χ1v) is 16.2. The van der Waals surface area contributed by atoms with E-state index in [1.54, 1.807) is 56.2 Å². The van der Waals surface area contributed by atoms with Crippen LogP contribution in [-0.4, -0.2) is 81.2 Å². The fourth-order valence-corrected chi connectivity index (χ4v) is 6.37. The van der Waals surface area contributed by atoms with Gasteiger partial charge in [0.1, 0.15) is 30.3 Å². The van der Waals surface area contributed by atoms with Crippen molar-refractivity contribution >= 4 is 17.8 Å². The molecule has 2 saturated heterocycles. The lowest BCUT2D eigenvalue weighted by Gasteiger charge is -2.55. The summed E-state index contributed by atoms with van der Waals surface area (Å²) in [7, 11) is 0. The van der Waals surface area contributed by atoms with Crippen LogP contribution < -0.4 is 10.1 Å². The van der Waals surface area contributed by atoms with Gasteiger partial charge in [-0.1, -0.05) is 100 Å². The minimum Gasteiger partial charge on any atom is -0.508 e. The Balaban J connectivity index is 1.55. The minimum atomic E-state index is -0.889. The highest BCUT2D eigenvalue weighted by Gasteiger charge is 2.51. The maximum absolute atomic E-state index is 14.5. The first-order valence-electron chi connectivity index (χ1n) is 16.2. The molecule has 2 fully saturated rings. The molecular weight excluding hydrogens is 606 g/mol. The molecule has 0 saturated carbocycles. The van der Waals surface area contributed by atoms with Crippen molar-refractivity contribution in [2.24, 2.45) is 0 Å². The third-order valence-electron chi connectivity index (χ3n) is 8.64. The van der Waals surface area contributed by atoms with E-state index in [1.807, 2.05) is 48.5 Å². The predicted molar refractivity (Wildman–Crippen MR) is 185 cm³/mol. The standard InChI is InChI=1S/C38H45N5O5/c1-6-20-41-26-34(45)42-32(22-27-16-18-30(44)19-17-27)36(46)40(24-29-14-11-15-31(38(3,4)5)35(29)48-21-7-2)25-33(42)43(41)37(47)39-23-28-12-9-8-10-13-28/h6-19,32-33,44H,1-2,20-26H2,3-5H3,(H,39,47)/t32-,33-/m0/s1.